The molecule has 154 valence electrons. The van der Waals surface area contributed by atoms with E-state index in [1.807, 2.05) is 56.3 Å². The first kappa shape index (κ1) is 19.9. The Hall–Kier alpha value is -3.41. The third-order valence-corrected chi connectivity index (χ3v) is 5.48. The summed E-state index contributed by atoms with van der Waals surface area (Å²) in [6.07, 6.45) is 0.941. The first-order valence-electron chi connectivity index (χ1n) is 10.0. The van der Waals surface area contributed by atoms with Crippen LogP contribution in [0.3, 0.4) is 0 Å². The number of ether oxygens (including phenoxy) is 1. The molecular weight excluding hydrogens is 382 g/mol. The Labute approximate surface area is 174 Å². The van der Waals surface area contributed by atoms with Gasteiger partial charge in [-0.3, -0.25) is 9.59 Å². The largest absolute Gasteiger partial charge is 0.461 e. The van der Waals surface area contributed by atoms with Crippen molar-refractivity contribution in [1.29, 1.82) is 0 Å². The smallest absolute Gasteiger partial charge is 0.336 e. The van der Waals surface area contributed by atoms with Gasteiger partial charge >= 0.3 is 11.6 Å². The highest BCUT2D eigenvalue weighted by molar-refractivity contribution is 5.99. The van der Waals surface area contributed by atoms with E-state index in [0.29, 0.717) is 11.1 Å². The van der Waals surface area contributed by atoms with Gasteiger partial charge in [0.05, 0.1) is 5.92 Å². The maximum atomic E-state index is 12.6. The van der Waals surface area contributed by atoms with Gasteiger partial charge in [0.2, 0.25) is 5.91 Å². The van der Waals surface area contributed by atoms with Crippen molar-refractivity contribution in [2.75, 3.05) is 11.4 Å². The van der Waals surface area contributed by atoms with Gasteiger partial charge in [0, 0.05) is 35.7 Å². The molecule has 1 fully saturated rings. The molecule has 6 heteroatoms. The van der Waals surface area contributed by atoms with Crippen molar-refractivity contribution in [3.05, 3.63) is 75.6 Å². The van der Waals surface area contributed by atoms with Gasteiger partial charge in [-0.25, -0.2) is 4.79 Å². The van der Waals surface area contributed by atoms with Crippen LogP contribution >= 0.6 is 0 Å². The molecule has 1 aliphatic heterocycles. The summed E-state index contributed by atoms with van der Waals surface area (Å²) in [6.45, 7) is 4.25. The third-order valence-electron chi connectivity index (χ3n) is 5.48. The van der Waals surface area contributed by atoms with Crippen LogP contribution in [0, 0.1) is 12.8 Å². The first-order chi connectivity index (χ1) is 14.4. The molecule has 0 bridgehead atoms. The molecule has 2 aromatic carbocycles. The highest BCUT2D eigenvalue weighted by Crippen LogP contribution is 2.27. The van der Waals surface area contributed by atoms with Crippen LogP contribution in [0.15, 0.2) is 57.7 Å². The Morgan fingerprint density at radius 3 is 2.63 bits per heavy atom. The normalized spacial score (nSPS) is 16.3. The lowest BCUT2D eigenvalue weighted by Crippen LogP contribution is -2.26. The molecule has 1 aromatic heterocycles. The Morgan fingerprint density at radius 1 is 1.13 bits per heavy atom. The van der Waals surface area contributed by atoms with Crippen LogP contribution in [0.2, 0.25) is 0 Å². The van der Waals surface area contributed by atoms with Crippen molar-refractivity contribution < 1.29 is 18.7 Å². The minimum absolute atomic E-state index is 0.0401. The molecule has 0 aliphatic carbocycles. The fourth-order valence-electron chi connectivity index (χ4n) is 3.72. The van der Waals surface area contributed by atoms with Crippen molar-refractivity contribution in [2.24, 2.45) is 5.92 Å². The number of nitrogens with zero attached hydrogens (tertiary/aromatic N) is 1. The van der Waals surface area contributed by atoms with E-state index in [1.54, 1.807) is 4.90 Å². The van der Waals surface area contributed by atoms with E-state index in [0.717, 1.165) is 28.6 Å². The summed E-state index contributed by atoms with van der Waals surface area (Å²) < 4.78 is 10.8. The fourth-order valence-corrected chi connectivity index (χ4v) is 3.72. The molecule has 30 heavy (non-hydrogen) atoms. The van der Waals surface area contributed by atoms with Crippen LogP contribution in [0.4, 0.5) is 5.69 Å². The van der Waals surface area contributed by atoms with Crippen molar-refractivity contribution in [2.45, 2.75) is 33.3 Å². The van der Waals surface area contributed by atoms with E-state index in [9.17, 15) is 14.4 Å². The van der Waals surface area contributed by atoms with Gasteiger partial charge in [-0.05, 0) is 37.1 Å². The van der Waals surface area contributed by atoms with Gasteiger partial charge in [-0.2, -0.15) is 0 Å². The van der Waals surface area contributed by atoms with Gasteiger partial charge < -0.3 is 14.1 Å². The van der Waals surface area contributed by atoms with E-state index in [2.05, 4.69) is 0 Å². The second-order valence-electron chi connectivity index (χ2n) is 7.62. The van der Waals surface area contributed by atoms with Crippen LogP contribution < -0.4 is 10.5 Å². The highest BCUT2D eigenvalue weighted by Gasteiger charge is 2.36. The number of carbonyl (C=O) groups is 2. The molecule has 0 N–H and O–H groups in total. The maximum Gasteiger partial charge on any atom is 0.336 e. The van der Waals surface area contributed by atoms with Crippen molar-refractivity contribution >= 4 is 28.5 Å². The number of benzene rings is 2. The molecular formula is C24H23NO5. The van der Waals surface area contributed by atoms with E-state index < -0.39 is 17.5 Å². The van der Waals surface area contributed by atoms with Crippen LogP contribution in [-0.4, -0.2) is 18.4 Å². The quantitative estimate of drug-likeness (QED) is 0.477. The number of aryl methyl sites for hydroxylation is 2. The lowest BCUT2D eigenvalue weighted by atomic mass is 10.1. The Morgan fingerprint density at radius 2 is 1.90 bits per heavy atom. The van der Waals surface area contributed by atoms with Crippen LogP contribution in [-0.2, 0) is 27.4 Å². The van der Waals surface area contributed by atoms with Gasteiger partial charge in [0.1, 0.15) is 12.2 Å². The van der Waals surface area contributed by atoms with Crippen molar-refractivity contribution in [3.8, 4) is 0 Å². The second kappa shape index (κ2) is 8.14. The van der Waals surface area contributed by atoms with E-state index in [-0.39, 0.29) is 25.5 Å². The minimum atomic E-state index is -0.531. The van der Waals surface area contributed by atoms with Crippen molar-refractivity contribution in [3.63, 3.8) is 0 Å². The molecule has 6 nitrogen and oxygen atoms in total. The van der Waals surface area contributed by atoms with Gasteiger partial charge in [0.25, 0.3) is 0 Å². The van der Waals surface area contributed by atoms with Gasteiger partial charge in [0.15, 0.2) is 0 Å². The van der Waals surface area contributed by atoms with Gasteiger partial charge in [-0.1, -0.05) is 36.8 Å². The van der Waals surface area contributed by atoms with E-state index in [4.69, 9.17) is 9.15 Å². The SMILES string of the molecule is CCc1ccc2c(COC(=O)[C@@H]3CC(=O)N(c4ccc(C)cc4)C3)cc(=O)oc2c1. The first-order valence-corrected chi connectivity index (χ1v) is 10.0. The number of anilines is 1. The zero-order valence-electron chi connectivity index (χ0n) is 17.0. The third kappa shape index (κ3) is 3.99. The molecule has 4 rings (SSSR count). The maximum absolute atomic E-state index is 12.6. The second-order valence-corrected chi connectivity index (χ2v) is 7.62. The molecule has 0 spiro atoms. The number of hydrogen-bond acceptors (Lipinski definition) is 5. The molecule has 2 heterocycles. The summed E-state index contributed by atoms with van der Waals surface area (Å²) in [4.78, 5) is 38.5. The highest BCUT2D eigenvalue weighted by atomic mass is 16.5. The number of carbonyl (C=O) groups excluding carboxylic acids is 2. The molecule has 0 saturated carbocycles. The number of hydrogen-bond donors (Lipinski definition) is 0. The Bertz CT molecular complexity index is 1160. The molecule has 3 aromatic rings. The molecule has 1 saturated heterocycles. The number of rotatable bonds is 5. The molecule has 1 atom stereocenters. The minimum Gasteiger partial charge on any atom is -0.461 e. The van der Waals surface area contributed by atoms with Gasteiger partial charge in [-0.15, -0.1) is 0 Å². The Balaban J connectivity index is 1.47. The summed E-state index contributed by atoms with van der Waals surface area (Å²) in [5.74, 6) is -1.07. The zero-order valence-corrected chi connectivity index (χ0v) is 17.0. The molecule has 1 aliphatic rings. The van der Waals surface area contributed by atoms with Crippen LogP contribution in [0.1, 0.15) is 30.0 Å². The summed E-state index contributed by atoms with van der Waals surface area (Å²) in [7, 11) is 0. The summed E-state index contributed by atoms with van der Waals surface area (Å²) in [5, 5.41) is 0.739. The monoisotopic (exact) mass is 405 g/mol. The standard InChI is InChI=1S/C24H23NO5/c1-3-16-6-9-20-18(12-23(27)30-21(20)10-16)14-29-24(28)17-11-22(26)25(13-17)19-7-4-15(2)5-8-19/h4-10,12,17H,3,11,13-14H2,1-2H3/t17-/m1/s1. The van der Waals surface area contributed by atoms with Crippen molar-refractivity contribution in [1.82, 2.24) is 0 Å². The number of esters is 1. The fraction of sp³-hybridized carbons (Fsp3) is 0.292. The molecule has 0 unspecified atom stereocenters. The zero-order chi connectivity index (χ0) is 21.3. The molecule has 0 radical (unpaired) electrons. The molecule has 1 amide bonds. The Kier molecular flexibility index (Phi) is 5.40. The summed E-state index contributed by atoms with van der Waals surface area (Å²) in [5.41, 5.74) is 3.53. The number of fused-ring (bicyclic) bond motifs is 1. The lowest BCUT2D eigenvalue weighted by Gasteiger charge is -2.16. The lowest BCUT2D eigenvalue weighted by molar-refractivity contribution is -0.149. The summed E-state index contributed by atoms with van der Waals surface area (Å²) >= 11 is 0. The predicted octanol–water partition coefficient (Wildman–Crippen LogP) is 3.76. The van der Waals surface area contributed by atoms with Crippen LogP contribution in [0.5, 0.6) is 0 Å². The van der Waals surface area contributed by atoms with E-state index in [1.165, 1.54) is 6.07 Å². The topological polar surface area (TPSA) is 76.8 Å². The number of amides is 1. The van der Waals surface area contributed by atoms with Crippen LogP contribution in [0.25, 0.3) is 11.0 Å². The average Bonchev–Trinajstić information content (AvgIpc) is 3.13. The van der Waals surface area contributed by atoms with E-state index >= 15 is 0 Å². The predicted molar refractivity (Wildman–Crippen MR) is 113 cm³/mol. The summed E-state index contributed by atoms with van der Waals surface area (Å²) in [6, 6.07) is 14.6. The average molecular weight is 405 g/mol.